The Morgan fingerprint density at radius 3 is 2.67 bits per heavy atom. The average Bonchev–Trinajstić information content (AvgIpc) is 2.67. The maximum Gasteiger partial charge on any atom is 0.272 e. The van der Waals surface area contributed by atoms with E-state index in [1.54, 1.807) is 42.5 Å². The second-order valence-corrected chi connectivity index (χ2v) is 5.74. The van der Waals surface area contributed by atoms with Gasteiger partial charge in [0.15, 0.2) is 18.1 Å². The quantitative estimate of drug-likeness (QED) is 0.536. The number of likely N-dealkylation sites (N-methyl/N-ethyl adjacent to an activating group) is 1. The topological polar surface area (TPSA) is 89.0 Å². The summed E-state index contributed by atoms with van der Waals surface area (Å²) in [5.41, 5.74) is 3.43. The van der Waals surface area contributed by atoms with Gasteiger partial charge < -0.3 is 14.8 Å². The molecule has 0 saturated carbocycles. The monoisotopic (exact) mass is 389 g/mol. The molecular weight excluding hydrogens is 370 g/mol. The standard InChI is InChI=1S/C19H20ClN3O4/c1-3-21-18(24)12-27-16-9-8-13(10-17(16)26-2)11-22-23-19(25)14-6-4-5-7-15(14)20/h4-11H,3,12H2,1-2H3,(H,21,24)(H,23,25)/b22-11+. The van der Waals surface area contributed by atoms with Gasteiger partial charge in [-0.2, -0.15) is 5.10 Å². The van der Waals surface area contributed by atoms with Crippen molar-refractivity contribution in [2.45, 2.75) is 6.92 Å². The van der Waals surface area contributed by atoms with Crippen LogP contribution in [0.3, 0.4) is 0 Å². The number of carbonyl (C=O) groups is 2. The molecule has 0 spiro atoms. The number of halogens is 1. The van der Waals surface area contributed by atoms with Crippen LogP contribution in [-0.4, -0.2) is 38.3 Å². The molecule has 0 fully saturated rings. The van der Waals surface area contributed by atoms with E-state index in [0.717, 1.165) is 0 Å². The summed E-state index contributed by atoms with van der Waals surface area (Å²) in [6.45, 7) is 2.26. The van der Waals surface area contributed by atoms with Crippen LogP contribution in [0.1, 0.15) is 22.8 Å². The molecule has 2 aromatic rings. The molecule has 2 rings (SSSR count). The Hall–Kier alpha value is -3.06. The van der Waals surface area contributed by atoms with E-state index in [2.05, 4.69) is 15.8 Å². The highest BCUT2D eigenvalue weighted by Crippen LogP contribution is 2.27. The molecule has 0 unspecified atom stereocenters. The molecule has 0 aliphatic heterocycles. The van der Waals surface area contributed by atoms with Gasteiger partial charge in [0.1, 0.15) is 0 Å². The molecule has 2 aromatic carbocycles. The van der Waals surface area contributed by atoms with Crippen molar-refractivity contribution in [1.82, 2.24) is 10.7 Å². The fraction of sp³-hybridized carbons (Fsp3) is 0.211. The third-order valence-corrected chi connectivity index (χ3v) is 3.75. The first-order valence-corrected chi connectivity index (χ1v) is 8.58. The normalized spacial score (nSPS) is 10.5. The predicted octanol–water partition coefficient (Wildman–Crippen LogP) is 2.63. The third kappa shape index (κ3) is 6.00. The van der Waals surface area contributed by atoms with Crippen LogP contribution < -0.4 is 20.2 Å². The molecule has 142 valence electrons. The predicted molar refractivity (Wildman–Crippen MR) is 104 cm³/mol. The number of benzene rings is 2. The molecule has 0 aliphatic carbocycles. The number of nitrogens with zero attached hydrogens (tertiary/aromatic N) is 1. The number of carbonyl (C=O) groups excluding carboxylic acids is 2. The Morgan fingerprint density at radius 2 is 1.96 bits per heavy atom. The van der Waals surface area contributed by atoms with Crippen molar-refractivity contribution in [1.29, 1.82) is 0 Å². The van der Waals surface area contributed by atoms with E-state index in [1.807, 2.05) is 6.92 Å². The average molecular weight is 390 g/mol. The minimum absolute atomic E-state index is 0.106. The zero-order valence-electron chi connectivity index (χ0n) is 15.0. The van der Waals surface area contributed by atoms with Crippen LogP contribution in [0, 0.1) is 0 Å². The SMILES string of the molecule is CCNC(=O)COc1ccc(/C=N/NC(=O)c2ccccc2Cl)cc1OC. The summed E-state index contributed by atoms with van der Waals surface area (Å²) in [4.78, 5) is 23.5. The minimum Gasteiger partial charge on any atom is -0.493 e. The minimum atomic E-state index is -0.411. The van der Waals surface area contributed by atoms with Crippen LogP contribution in [0.4, 0.5) is 0 Å². The number of hydrogen-bond acceptors (Lipinski definition) is 5. The van der Waals surface area contributed by atoms with Gasteiger partial charge in [0.2, 0.25) is 0 Å². The van der Waals surface area contributed by atoms with E-state index in [0.29, 0.717) is 34.2 Å². The van der Waals surface area contributed by atoms with Gasteiger partial charge >= 0.3 is 0 Å². The van der Waals surface area contributed by atoms with Gasteiger partial charge in [-0.3, -0.25) is 9.59 Å². The number of hydrazone groups is 1. The van der Waals surface area contributed by atoms with Crippen molar-refractivity contribution in [2.24, 2.45) is 5.10 Å². The van der Waals surface area contributed by atoms with Crippen LogP contribution in [0.2, 0.25) is 5.02 Å². The van der Waals surface area contributed by atoms with Gasteiger partial charge in [-0.05, 0) is 42.8 Å². The van der Waals surface area contributed by atoms with E-state index in [1.165, 1.54) is 13.3 Å². The van der Waals surface area contributed by atoms with Crippen LogP contribution in [0.5, 0.6) is 11.5 Å². The summed E-state index contributed by atoms with van der Waals surface area (Å²) >= 11 is 5.97. The van der Waals surface area contributed by atoms with E-state index >= 15 is 0 Å². The van der Waals surface area contributed by atoms with Crippen molar-refractivity contribution in [3.63, 3.8) is 0 Å². The second-order valence-electron chi connectivity index (χ2n) is 5.33. The smallest absolute Gasteiger partial charge is 0.272 e. The number of methoxy groups -OCH3 is 1. The van der Waals surface area contributed by atoms with Gasteiger partial charge in [0.25, 0.3) is 11.8 Å². The zero-order valence-corrected chi connectivity index (χ0v) is 15.7. The number of nitrogens with one attached hydrogen (secondary N) is 2. The van der Waals surface area contributed by atoms with E-state index in [9.17, 15) is 9.59 Å². The van der Waals surface area contributed by atoms with Gasteiger partial charge in [0, 0.05) is 6.54 Å². The lowest BCUT2D eigenvalue weighted by atomic mass is 10.2. The highest BCUT2D eigenvalue weighted by atomic mass is 35.5. The molecule has 2 N–H and O–H groups in total. The fourth-order valence-corrected chi connectivity index (χ4v) is 2.37. The first-order chi connectivity index (χ1) is 13.0. The fourth-order valence-electron chi connectivity index (χ4n) is 2.15. The molecule has 27 heavy (non-hydrogen) atoms. The van der Waals surface area contributed by atoms with Crippen molar-refractivity contribution in [3.05, 3.63) is 58.6 Å². The highest BCUT2D eigenvalue weighted by molar-refractivity contribution is 6.33. The first-order valence-electron chi connectivity index (χ1n) is 8.20. The van der Waals surface area contributed by atoms with Crippen LogP contribution >= 0.6 is 11.6 Å². The summed E-state index contributed by atoms with van der Waals surface area (Å²) < 4.78 is 10.7. The molecule has 8 heteroatoms. The number of hydrogen-bond donors (Lipinski definition) is 2. The molecule has 0 saturated heterocycles. The van der Waals surface area contributed by atoms with Gasteiger partial charge in [-0.1, -0.05) is 23.7 Å². The zero-order chi connectivity index (χ0) is 19.6. The lowest BCUT2D eigenvalue weighted by Gasteiger charge is -2.11. The first kappa shape index (κ1) is 20.3. The van der Waals surface area contributed by atoms with Crippen molar-refractivity contribution >= 4 is 29.6 Å². The Morgan fingerprint density at radius 1 is 1.19 bits per heavy atom. The number of amides is 2. The van der Waals surface area contributed by atoms with Crippen molar-refractivity contribution < 1.29 is 19.1 Å². The molecule has 2 amide bonds. The largest absolute Gasteiger partial charge is 0.493 e. The summed E-state index contributed by atoms with van der Waals surface area (Å²) in [5, 5.41) is 6.91. The molecule has 0 aromatic heterocycles. The molecular formula is C19H20ClN3O4. The van der Waals surface area contributed by atoms with E-state index < -0.39 is 5.91 Å². The van der Waals surface area contributed by atoms with Gasteiger partial charge in [-0.25, -0.2) is 5.43 Å². The van der Waals surface area contributed by atoms with Crippen LogP contribution in [-0.2, 0) is 4.79 Å². The third-order valence-electron chi connectivity index (χ3n) is 3.42. The maximum atomic E-state index is 12.0. The molecule has 0 radical (unpaired) electrons. The maximum absolute atomic E-state index is 12.0. The summed E-state index contributed by atoms with van der Waals surface area (Å²) in [5.74, 6) is 0.250. The molecule has 0 aliphatic rings. The Labute approximate surface area is 162 Å². The lowest BCUT2D eigenvalue weighted by Crippen LogP contribution is -2.28. The van der Waals surface area contributed by atoms with E-state index in [4.69, 9.17) is 21.1 Å². The number of ether oxygens (including phenoxy) is 2. The number of rotatable bonds is 8. The van der Waals surface area contributed by atoms with Gasteiger partial charge in [-0.15, -0.1) is 0 Å². The van der Waals surface area contributed by atoms with Crippen LogP contribution in [0.15, 0.2) is 47.6 Å². The highest BCUT2D eigenvalue weighted by Gasteiger charge is 2.09. The molecule has 0 heterocycles. The molecule has 0 atom stereocenters. The lowest BCUT2D eigenvalue weighted by molar-refractivity contribution is -0.123. The Kier molecular flexibility index (Phi) is 7.63. The van der Waals surface area contributed by atoms with Crippen LogP contribution in [0.25, 0.3) is 0 Å². The van der Waals surface area contributed by atoms with Gasteiger partial charge in [0.05, 0.1) is 23.9 Å². The van der Waals surface area contributed by atoms with E-state index in [-0.39, 0.29) is 12.5 Å². The summed E-state index contributed by atoms with van der Waals surface area (Å²) in [6, 6.07) is 11.8. The molecule has 0 bridgehead atoms. The Balaban J connectivity index is 2.00. The summed E-state index contributed by atoms with van der Waals surface area (Å²) in [6.07, 6.45) is 1.46. The Bertz CT molecular complexity index is 839. The van der Waals surface area contributed by atoms with Crippen molar-refractivity contribution in [3.8, 4) is 11.5 Å². The molecule has 7 nitrogen and oxygen atoms in total. The second kappa shape index (κ2) is 10.2. The summed E-state index contributed by atoms with van der Waals surface area (Å²) in [7, 11) is 1.49. The van der Waals surface area contributed by atoms with Crippen molar-refractivity contribution in [2.75, 3.05) is 20.3 Å².